The van der Waals surface area contributed by atoms with E-state index in [1.165, 1.54) is 0 Å². The second-order valence-corrected chi connectivity index (χ2v) is 5.59. The van der Waals surface area contributed by atoms with E-state index in [0.717, 1.165) is 11.3 Å². The minimum atomic E-state index is -0.366. The summed E-state index contributed by atoms with van der Waals surface area (Å²) in [7, 11) is 1.62. The topological polar surface area (TPSA) is 65.7 Å². The molecular weight excluding hydrogens is 292 g/mol. The maximum absolute atomic E-state index is 11.6. The zero-order valence-corrected chi connectivity index (χ0v) is 13.7. The Morgan fingerprint density at radius 2 is 2.00 bits per heavy atom. The second-order valence-electron chi connectivity index (χ2n) is 5.59. The normalized spacial score (nSPS) is 12.3. The number of benzene rings is 1. The van der Waals surface area contributed by atoms with E-state index in [1.54, 1.807) is 13.3 Å². The quantitative estimate of drug-likeness (QED) is 0.785. The smallest absolute Gasteiger partial charge is 0.251 e. The van der Waals surface area contributed by atoms with Crippen molar-refractivity contribution in [2.24, 2.45) is 0 Å². The molecule has 5 heteroatoms. The lowest BCUT2D eigenvalue weighted by Gasteiger charge is -2.24. The molecule has 0 saturated heterocycles. The predicted octanol–water partition coefficient (Wildman–Crippen LogP) is 2.41. The molecule has 0 spiro atoms. The number of hydrogen-bond acceptors (Lipinski definition) is 4. The van der Waals surface area contributed by atoms with E-state index in [2.05, 4.69) is 10.2 Å². The van der Waals surface area contributed by atoms with Crippen molar-refractivity contribution < 1.29 is 14.3 Å². The van der Waals surface area contributed by atoms with Gasteiger partial charge in [0.15, 0.2) is 0 Å². The summed E-state index contributed by atoms with van der Waals surface area (Å²) in [5, 5.41) is 12.6. The van der Waals surface area contributed by atoms with Crippen molar-refractivity contribution in [2.75, 3.05) is 13.6 Å². The van der Waals surface area contributed by atoms with Gasteiger partial charge >= 0.3 is 0 Å². The van der Waals surface area contributed by atoms with Gasteiger partial charge in [-0.3, -0.25) is 9.69 Å². The van der Waals surface area contributed by atoms with Gasteiger partial charge in [-0.25, -0.2) is 0 Å². The number of nitrogens with one attached hydrogen (secondary N) is 1. The summed E-state index contributed by atoms with van der Waals surface area (Å²) < 4.78 is 5.41. The Morgan fingerprint density at radius 1 is 1.26 bits per heavy atom. The van der Waals surface area contributed by atoms with Crippen molar-refractivity contribution in [1.82, 2.24) is 10.2 Å². The van der Waals surface area contributed by atoms with Gasteiger partial charge in [0.25, 0.3) is 5.91 Å². The van der Waals surface area contributed by atoms with E-state index in [9.17, 15) is 9.90 Å². The number of carbonyl (C=O) groups is 1. The Bertz CT molecular complexity index is 593. The molecule has 124 valence electrons. The third-order valence-electron chi connectivity index (χ3n) is 3.75. The van der Waals surface area contributed by atoms with Crippen molar-refractivity contribution >= 4 is 5.91 Å². The van der Waals surface area contributed by atoms with Crippen LogP contribution in [0.3, 0.4) is 0 Å². The molecule has 0 aliphatic rings. The van der Waals surface area contributed by atoms with Crippen molar-refractivity contribution in [3.8, 4) is 0 Å². The number of furan rings is 1. The second kappa shape index (κ2) is 8.50. The standard InChI is InChI=1S/C18H24N2O3/c1-3-16(21)12-20(13-17-5-4-10-23-17)11-14-6-8-15(9-7-14)18(22)19-2/h4-10,16,21H,3,11-13H2,1-2H3,(H,19,22)/t16-/m1/s1. The maximum Gasteiger partial charge on any atom is 0.251 e. The first kappa shape index (κ1) is 17.2. The first-order valence-electron chi connectivity index (χ1n) is 7.86. The molecule has 2 aromatic rings. The van der Waals surface area contributed by atoms with Crippen molar-refractivity contribution in [3.05, 3.63) is 59.5 Å². The van der Waals surface area contributed by atoms with Crippen LogP contribution in [0.15, 0.2) is 47.1 Å². The van der Waals surface area contributed by atoms with Crippen LogP contribution >= 0.6 is 0 Å². The van der Waals surface area contributed by atoms with Gasteiger partial charge in [-0.2, -0.15) is 0 Å². The summed E-state index contributed by atoms with van der Waals surface area (Å²) in [4.78, 5) is 13.7. The van der Waals surface area contributed by atoms with Crippen LogP contribution < -0.4 is 5.32 Å². The predicted molar refractivity (Wildman–Crippen MR) is 89.0 cm³/mol. The number of aliphatic hydroxyl groups is 1. The van der Waals surface area contributed by atoms with Crippen molar-refractivity contribution in [1.29, 1.82) is 0 Å². The molecule has 0 saturated carbocycles. The first-order chi connectivity index (χ1) is 11.1. The van der Waals surface area contributed by atoms with Crippen LogP contribution in [-0.2, 0) is 13.1 Å². The van der Waals surface area contributed by atoms with Crippen LogP contribution in [0.1, 0.15) is 35.0 Å². The molecular formula is C18H24N2O3. The van der Waals surface area contributed by atoms with Crippen LogP contribution in [0.5, 0.6) is 0 Å². The lowest BCUT2D eigenvalue weighted by molar-refractivity contribution is 0.0963. The van der Waals surface area contributed by atoms with Crippen LogP contribution in [0, 0.1) is 0 Å². The Kier molecular flexibility index (Phi) is 6.38. The van der Waals surface area contributed by atoms with Crippen LogP contribution in [0.4, 0.5) is 0 Å². The van der Waals surface area contributed by atoms with Crippen molar-refractivity contribution in [3.63, 3.8) is 0 Å². The number of hydrogen-bond donors (Lipinski definition) is 2. The van der Waals surface area contributed by atoms with Gasteiger partial charge in [0.2, 0.25) is 0 Å². The molecule has 2 rings (SSSR count). The van der Waals surface area contributed by atoms with Gasteiger partial charge in [0, 0.05) is 25.7 Å². The number of nitrogens with zero attached hydrogens (tertiary/aromatic N) is 1. The van der Waals surface area contributed by atoms with Gasteiger partial charge < -0.3 is 14.8 Å². The van der Waals surface area contributed by atoms with Crippen LogP contribution in [0.2, 0.25) is 0 Å². The average Bonchev–Trinajstić information content (AvgIpc) is 3.07. The van der Waals surface area contributed by atoms with Gasteiger partial charge in [0.1, 0.15) is 5.76 Å². The maximum atomic E-state index is 11.6. The lowest BCUT2D eigenvalue weighted by atomic mass is 10.1. The third-order valence-corrected chi connectivity index (χ3v) is 3.75. The van der Waals surface area contributed by atoms with Crippen LogP contribution in [-0.4, -0.2) is 35.6 Å². The Hall–Kier alpha value is -2.11. The Labute approximate surface area is 136 Å². The summed E-state index contributed by atoms with van der Waals surface area (Å²) in [5.41, 5.74) is 1.73. The minimum Gasteiger partial charge on any atom is -0.468 e. The molecule has 1 amide bonds. The Morgan fingerprint density at radius 3 is 2.57 bits per heavy atom. The molecule has 0 fully saturated rings. The molecule has 23 heavy (non-hydrogen) atoms. The molecule has 0 radical (unpaired) electrons. The number of rotatable bonds is 8. The SMILES string of the molecule is CC[C@@H](O)CN(Cc1ccc(C(=O)NC)cc1)Cc1ccco1. The van der Waals surface area contributed by atoms with E-state index < -0.39 is 0 Å². The summed E-state index contributed by atoms with van der Waals surface area (Å²) in [5.74, 6) is 0.778. The molecule has 0 aliphatic carbocycles. The van der Waals surface area contributed by atoms with Gasteiger partial charge in [-0.15, -0.1) is 0 Å². The number of carbonyl (C=O) groups excluding carboxylic acids is 1. The van der Waals surface area contributed by atoms with Gasteiger partial charge in [-0.1, -0.05) is 19.1 Å². The summed E-state index contributed by atoms with van der Waals surface area (Å²) >= 11 is 0. The molecule has 0 aliphatic heterocycles. The first-order valence-corrected chi connectivity index (χ1v) is 7.86. The van der Waals surface area contributed by atoms with E-state index in [-0.39, 0.29) is 12.0 Å². The van der Waals surface area contributed by atoms with E-state index >= 15 is 0 Å². The van der Waals surface area contributed by atoms with E-state index in [4.69, 9.17) is 4.42 Å². The lowest BCUT2D eigenvalue weighted by Crippen LogP contribution is -2.31. The summed E-state index contributed by atoms with van der Waals surface area (Å²) in [6, 6.07) is 11.3. The summed E-state index contributed by atoms with van der Waals surface area (Å²) in [6.07, 6.45) is 2.00. The highest BCUT2D eigenvalue weighted by Crippen LogP contribution is 2.13. The van der Waals surface area contributed by atoms with Crippen LogP contribution in [0.25, 0.3) is 0 Å². The number of amides is 1. The summed E-state index contributed by atoms with van der Waals surface area (Å²) in [6.45, 7) is 3.87. The molecule has 1 atom stereocenters. The molecule has 0 unspecified atom stereocenters. The highest BCUT2D eigenvalue weighted by molar-refractivity contribution is 5.93. The van der Waals surface area contributed by atoms with Gasteiger partial charge in [0.05, 0.1) is 18.9 Å². The zero-order chi connectivity index (χ0) is 16.7. The fraction of sp³-hybridized carbons (Fsp3) is 0.389. The Balaban J connectivity index is 2.05. The monoisotopic (exact) mass is 316 g/mol. The molecule has 1 aromatic heterocycles. The highest BCUT2D eigenvalue weighted by atomic mass is 16.3. The van der Waals surface area contributed by atoms with E-state index in [0.29, 0.717) is 31.6 Å². The number of aliphatic hydroxyl groups excluding tert-OH is 1. The van der Waals surface area contributed by atoms with Crippen molar-refractivity contribution in [2.45, 2.75) is 32.5 Å². The molecule has 2 N–H and O–H groups in total. The van der Waals surface area contributed by atoms with Gasteiger partial charge in [-0.05, 0) is 36.2 Å². The fourth-order valence-corrected chi connectivity index (χ4v) is 2.40. The highest BCUT2D eigenvalue weighted by Gasteiger charge is 2.13. The third kappa shape index (κ3) is 5.23. The average molecular weight is 316 g/mol. The molecule has 1 heterocycles. The zero-order valence-electron chi connectivity index (χ0n) is 13.7. The fourth-order valence-electron chi connectivity index (χ4n) is 2.40. The minimum absolute atomic E-state index is 0.0922. The molecule has 0 bridgehead atoms. The van der Waals surface area contributed by atoms with E-state index in [1.807, 2.05) is 43.3 Å². The largest absolute Gasteiger partial charge is 0.468 e. The molecule has 1 aromatic carbocycles. The molecule has 5 nitrogen and oxygen atoms in total.